The van der Waals surface area contributed by atoms with Gasteiger partial charge in [0.05, 0.1) is 11.9 Å². The van der Waals surface area contributed by atoms with Gasteiger partial charge < -0.3 is 0 Å². The molecule has 5 heteroatoms. The van der Waals surface area contributed by atoms with E-state index in [9.17, 15) is 0 Å². The van der Waals surface area contributed by atoms with Crippen LogP contribution in [0.1, 0.15) is 0 Å². The highest BCUT2D eigenvalue weighted by Crippen LogP contribution is 2.24. The summed E-state index contributed by atoms with van der Waals surface area (Å²) in [4.78, 5) is 12.9. The molecule has 21 heavy (non-hydrogen) atoms. The number of rotatable bonds is 2. The Bertz CT molecular complexity index is 884. The monoisotopic (exact) mass is 273 g/mol. The van der Waals surface area contributed by atoms with Crippen LogP contribution < -0.4 is 0 Å². The lowest BCUT2D eigenvalue weighted by atomic mass is 10.1. The van der Waals surface area contributed by atoms with Crippen LogP contribution in [0, 0.1) is 0 Å². The van der Waals surface area contributed by atoms with E-state index in [0.717, 1.165) is 28.0 Å². The zero-order valence-electron chi connectivity index (χ0n) is 11.1. The highest BCUT2D eigenvalue weighted by atomic mass is 15.2. The normalized spacial score (nSPS) is 10.9. The van der Waals surface area contributed by atoms with Crippen LogP contribution in [0.3, 0.4) is 0 Å². The number of hydrogen-bond acceptors (Lipinski definition) is 4. The zero-order valence-corrected chi connectivity index (χ0v) is 11.1. The van der Waals surface area contributed by atoms with Crippen molar-refractivity contribution < 1.29 is 0 Å². The Kier molecular flexibility index (Phi) is 2.67. The lowest BCUT2D eigenvalue weighted by Crippen LogP contribution is -1.93. The maximum atomic E-state index is 4.53. The summed E-state index contributed by atoms with van der Waals surface area (Å²) in [5, 5.41) is 4.39. The first-order chi connectivity index (χ1) is 10.4. The molecule has 0 N–H and O–H groups in total. The molecule has 0 saturated carbocycles. The van der Waals surface area contributed by atoms with Crippen LogP contribution in [0.15, 0.2) is 67.5 Å². The molecule has 0 amide bonds. The molecule has 4 aromatic rings. The average molecular weight is 273 g/mol. The predicted octanol–water partition coefficient (Wildman–Crippen LogP) is 2.85. The second-order valence-corrected chi connectivity index (χ2v) is 4.62. The topological polar surface area (TPSA) is 56.0 Å². The van der Waals surface area contributed by atoms with Gasteiger partial charge in [0.25, 0.3) is 0 Å². The molecule has 0 spiro atoms. The van der Waals surface area contributed by atoms with Crippen molar-refractivity contribution in [1.29, 1.82) is 0 Å². The zero-order chi connectivity index (χ0) is 14.1. The minimum atomic E-state index is 0.820. The van der Waals surface area contributed by atoms with Gasteiger partial charge in [0.15, 0.2) is 5.65 Å². The summed E-state index contributed by atoms with van der Waals surface area (Å²) in [5.74, 6) is 0. The van der Waals surface area contributed by atoms with Crippen molar-refractivity contribution in [3.05, 3.63) is 67.5 Å². The smallest absolute Gasteiger partial charge is 0.162 e. The fraction of sp³-hybridized carbons (Fsp3) is 0. The van der Waals surface area contributed by atoms with Crippen molar-refractivity contribution >= 4 is 5.65 Å². The fourth-order valence-electron chi connectivity index (χ4n) is 2.28. The van der Waals surface area contributed by atoms with Crippen LogP contribution in [0.4, 0.5) is 0 Å². The molecule has 0 fully saturated rings. The Morgan fingerprint density at radius 2 is 1.71 bits per heavy atom. The summed E-state index contributed by atoms with van der Waals surface area (Å²) in [6, 6.07) is 9.70. The van der Waals surface area contributed by atoms with E-state index in [1.54, 1.807) is 23.1 Å². The molecule has 5 nitrogen and oxygen atoms in total. The Hall–Kier alpha value is -3.08. The molecule has 0 aromatic carbocycles. The molecular weight excluding hydrogens is 262 g/mol. The van der Waals surface area contributed by atoms with Gasteiger partial charge in [-0.1, -0.05) is 6.07 Å². The third-order valence-electron chi connectivity index (χ3n) is 3.31. The first-order valence-electron chi connectivity index (χ1n) is 6.57. The third kappa shape index (κ3) is 2.04. The van der Waals surface area contributed by atoms with Gasteiger partial charge in [0.2, 0.25) is 0 Å². The first kappa shape index (κ1) is 11.7. The summed E-state index contributed by atoms with van der Waals surface area (Å²) in [6.45, 7) is 0. The molecule has 0 aliphatic carbocycles. The standard InChI is InChI=1S/C16H11N5/c1-2-6-18-15(3-1)13-9-19-16-14(10-20-21(16)11-13)12-4-7-17-8-5-12/h1-11H. The Morgan fingerprint density at radius 1 is 0.810 bits per heavy atom. The Morgan fingerprint density at radius 3 is 2.52 bits per heavy atom. The second kappa shape index (κ2) is 4.79. The van der Waals surface area contributed by atoms with Crippen LogP contribution in [0.2, 0.25) is 0 Å². The van der Waals surface area contributed by atoms with Crippen molar-refractivity contribution in [2.45, 2.75) is 0 Å². The van der Waals surface area contributed by atoms with E-state index in [-0.39, 0.29) is 0 Å². The van der Waals surface area contributed by atoms with Crippen LogP contribution >= 0.6 is 0 Å². The molecule has 0 aliphatic heterocycles. The molecule has 100 valence electrons. The summed E-state index contributed by atoms with van der Waals surface area (Å²) >= 11 is 0. The highest BCUT2D eigenvalue weighted by molar-refractivity contribution is 5.77. The molecular formula is C16H11N5. The minimum Gasteiger partial charge on any atom is -0.265 e. The van der Waals surface area contributed by atoms with Crippen LogP contribution in [0.25, 0.3) is 28.0 Å². The van der Waals surface area contributed by atoms with Gasteiger partial charge in [-0.25, -0.2) is 9.50 Å². The van der Waals surface area contributed by atoms with Crippen molar-refractivity contribution in [2.75, 3.05) is 0 Å². The van der Waals surface area contributed by atoms with Gasteiger partial charge in [-0.15, -0.1) is 0 Å². The van der Waals surface area contributed by atoms with Crippen LogP contribution in [0.5, 0.6) is 0 Å². The van der Waals surface area contributed by atoms with Gasteiger partial charge in [0.1, 0.15) is 0 Å². The molecule has 0 unspecified atom stereocenters. The largest absolute Gasteiger partial charge is 0.265 e. The number of hydrogen-bond donors (Lipinski definition) is 0. The van der Waals surface area contributed by atoms with Crippen LogP contribution in [-0.4, -0.2) is 24.6 Å². The quantitative estimate of drug-likeness (QED) is 0.563. The van der Waals surface area contributed by atoms with E-state index < -0.39 is 0 Å². The van der Waals surface area contributed by atoms with E-state index in [1.165, 1.54) is 0 Å². The van der Waals surface area contributed by atoms with E-state index in [4.69, 9.17) is 0 Å². The molecule has 4 heterocycles. The molecule has 0 bridgehead atoms. The molecule has 0 radical (unpaired) electrons. The number of fused-ring (bicyclic) bond motifs is 1. The molecule has 0 atom stereocenters. The maximum Gasteiger partial charge on any atom is 0.162 e. The van der Waals surface area contributed by atoms with Gasteiger partial charge in [-0.05, 0) is 29.8 Å². The molecule has 0 saturated heterocycles. The average Bonchev–Trinajstić information content (AvgIpc) is 2.99. The summed E-state index contributed by atoms with van der Waals surface area (Å²) in [7, 11) is 0. The SMILES string of the molecule is c1ccc(-c2cnc3c(-c4ccncc4)cnn3c2)nc1. The lowest BCUT2D eigenvalue weighted by molar-refractivity contribution is 0.940. The minimum absolute atomic E-state index is 0.820. The van der Waals surface area contributed by atoms with E-state index in [0.29, 0.717) is 0 Å². The van der Waals surface area contributed by atoms with Crippen LogP contribution in [-0.2, 0) is 0 Å². The Labute approximate surface area is 121 Å². The molecule has 4 rings (SSSR count). The van der Waals surface area contributed by atoms with E-state index in [1.807, 2.05) is 48.9 Å². The number of pyridine rings is 2. The second-order valence-electron chi connectivity index (χ2n) is 4.62. The Balaban J connectivity index is 1.85. The van der Waals surface area contributed by atoms with Crippen molar-refractivity contribution in [3.8, 4) is 22.4 Å². The van der Waals surface area contributed by atoms with Crippen molar-refractivity contribution in [3.63, 3.8) is 0 Å². The first-order valence-corrected chi connectivity index (χ1v) is 6.57. The number of nitrogens with zero attached hydrogens (tertiary/aromatic N) is 5. The summed E-state index contributed by atoms with van der Waals surface area (Å²) in [5.41, 5.74) is 4.68. The van der Waals surface area contributed by atoms with Gasteiger partial charge in [-0.3, -0.25) is 9.97 Å². The van der Waals surface area contributed by atoms with E-state index in [2.05, 4.69) is 20.1 Å². The van der Waals surface area contributed by atoms with Gasteiger partial charge >= 0.3 is 0 Å². The highest BCUT2D eigenvalue weighted by Gasteiger charge is 2.09. The van der Waals surface area contributed by atoms with Gasteiger partial charge in [-0.2, -0.15) is 5.10 Å². The summed E-state index contributed by atoms with van der Waals surface area (Å²) < 4.78 is 1.78. The molecule has 4 aromatic heterocycles. The van der Waals surface area contributed by atoms with Crippen molar-refractivity contribution in [1.82, 2.24) is 24.6 Å². The number of aromatic nitrogens is 5. The fourth-order valence-corrected chi connectivity index (χ4v) is 2.28. The van der Waals surface area contributed by atoms with Gasteiger partial charge in [0, 0.05) is 42.1 Å². The predicted molar refractivity (Wildman–Crippen MR) is 79.4 cm³/mol. The maximum absolute atomic E-state index is 4.53. The third-order valence-corrected chi connectivity index (χ3v) is 3.31. The van der Waals surface area contributed by atoms with Crippen molar-refractivity contribution in [2.24, 2.45) is 0 Å². The summed E-state index contributed by atoms with van der Waals surface area (Å²) in [6.07, 6.45) is 10.9. The molecule has 0 aliphatic rings. The van der Waals surface area contributed by atoms with E-state index >= 15 is 0 Å². The lowest BCUT2D eigenvalue weighted by Gasteiger charge is -2.02.